The summed E-state index contributed by atoms with van der Waals surface area (Å²) in [5.41, 5.74) is 5.71. The minimum atomic E-state index is -0.828. The smallest absolute Gasteiger partial charge is 0.168 e. The summed E-state index contributed by atoms with van der Waals surface area (Å²) in [4.78, 5) is 20.4. The second-order valence-electron chi connectivity index (χ2n) is 6.96. The maximum Gasteiger partial charge on any atom is 0.168 e. The Balaban J connectivity index is 1.85. The molecule has 2 aromatic rings. The van der Waals surface area contributed by atoms with Gasteiger partial charge in [-0.3, -0.25) is 4.79 Å². The first kappa shape index (κ1) is 15.5. The lowest BCUT2D eigenvalue weighted by atomic mass is 9.95. The molecule has 24 heavy (non-hydrogen) atoms. The van der Waals surface area contributed by atoms with Crippen molar-refractivity contribution in [3.8, 4) is 0 Å². The van der Waals surface area contributed by atoms with Crippen molar-refractivity contribution in [1.82, 2.24) is 14.5 Å². The number of ether oxygens (including phenoxy) is 3. The van der Waals surface area contributed by atoms with Crippen molar-refractivity contribution in [1.29, 1.82) is 0 Å². The number of ketones is 1. The fourth-order valence-corrected chi connectivity index (χ4v) is 3.76. The van der Waals surface area contributed by atoms with Gasteiger partial charge in [0.05, 0.1) is 5.39 Å². The number of Topliss-reactive ketones (excluding diaryl/α,β-unsaturated/α-hetero) is 1. The van der Waals surface area contributed by atoms with Gasteiger partial charge in [-0.25, -0.2) is 9.97 Å². The molecule has 4 heterocycles. The zero-order valence-electron chi connectivity index (χ0n) is 14.0. The molecule has 0 unspecified atom stereocenters. The monoisotopic (exact) mass is 332 g/mol. The van der Waals surface area contributed by atoms with Crippen LogP contribution in [0.15, 0.2) is 18.6 Å². The number of nitrogens with two attached hydrogens (primary N) is 1. The highest BCUT2D eigenvalue weighted by atomic mass is 16.8. The Hall–Kier alpha value is -2.03. The third-order valence-corrected chi connectivity index (χ3v) is 4.68. The van der Waals surface area contributed by atoms with Crippen molar-refractivity contribution < 1.29 is 19.0 Å². The van der Waals surface area contributed by atoms with Gasteiger partial charge >= 0.3 is 0 Å². The summed E-state index contributed by atoms with van der Waals surface area (Å²) in [5.74, 6) is -0.502. The number of nitrogens with zero attached hydrogens (tertiary/aromatic N) is 3. The summed E-state index contributed by atoms with van der Waals surface area (Å²) in [5, 5.41) is 0.728. The Morgan fingerprint density at radius 3 is 2.79 bits per heavy atom. The molecule has 8 nitrogen and oxygen atoms in total. The van der Waals surface area contributed by atoms with E-state index >= 15 is 0 Å². The summed E-state index contributed by atoms with van der Waals surface area (Å²) >= 11 is 0. The van der Waals surface area contributed by atoms with E-state index in [1.54, 1.807) is 0 Å². The van der Waals surface area contributed by atoms with Crippen LogP contribution in [0, 0.1) is 0 Å². The third-order valence-electron chi connectivity index (χ3n) is 4.68. The predicted molar refractivity (Wildman–Crippen MR) is 85.0 cm³/mol. The Kier molecular flexibility index (Phi) is 3.07. The van der Waals surface area contributed by atoms with Crippen LogP contribution in [0.3, 0.4) is 0 Å². The van der Waals surface area contributed by atoms with Crippen LogP contribution in [-0.2, 0) is 19.0 Å². The van der Waals surface area contributed by atoms with Crippen molar-refractivity contribution in [2.75, 3.05) is 5.73 Å². The minimum absolute atomic E-state index is 0.0966. The highest BCUT2D eigenvalue weighted by molar-refractivity contribution is 5.86. The molecule has 0 bridgehead atoms. The third kappa shape index (κ3) is 2.00. The highest BCUT2D eigenvalue weighted by Gasteiger charge is 2.65. The molecular formula is C16H20N4O4. The number of hydrogen-bond acceptors (Lipinski definition) is 7. The van der Waals surface area contributed by atoms with Gasteiger partial charge in [0.25, 0.3) is 0 Å². The zero-order chi connectivity index (χ0) is 17.3. The van der Waals surface area contributed by atoms with Crippen LogP contribution in [0.2, 0.25) is 0 Å². The molecule has 2 aliphatic rings. The van der Waals surface area contributed by atoms with Crippen molar-refractivity contribution >= 4 is 22.6 Å². The largest absolute Gasteiger partial charge is 0.383 e. The van der Waals surface area contributed by atoms with E-state index in [-0.39, 0.29) is 5.78 Å². The summed E-state index contributed by atoms with van der Waals surface area (Å²) in [7, 11) is 0. The van der Waals surface area contributed by atoms with Crippen LogP contribution < -0.4 is 5.73 Å². The van der Waals surface area contributed by atoms with Gasteiger partial charge in [-0.15, -0.1) is 0 Å². The topological polar surface area (TPSA) is 101 Å². The molecule has 4 rings (SSSR count). The van der Waals surface area contributed by atoms with E-state index in [1.807, 2.05) is 37.6 Å². The first-order valence-electron chi connectivity index (χ1n) is 7.84. The Labute approximate surface area is 138 Å². The minimum Gasteiger partial charge on any atom is -0.383 e. The van der Waals surface area contributed by atoms with E-state index in [2.05, 4.69) is 9.97 Å². The van der Waals surface area contributed by atoms with Gasteiger partial charge in [0.2, 0.25) is 0 Å². The first-order chi connectivity index (χ1) is 11.2. The summed E-state index contributed by atoms with van der Waals surface area (Å²) < 4.78 is 20.0. The molecule has 0 spiro atoms. The van der Waals surface area contributed by atoms with Crippen LogP contribution in [0.5, 0.6) is 0 Å². The Bertz CT molecular complexity index is 833. The lowest BCUT2D eigenvalue weighted by molar-refractivity contribution is -0.213. The molecule has 0 aromatic carbocycles. The first-order valence-corrected chi connectivity index (χ1v) is 7.84. The van der Waals surface area contributed by atoms with Gasteiger partial charge < -0.3 is 24.5 Å². The lowest BCUT2D eigenvalue weighted by Gasteiger charge is -2.30. The normalized spacial score (nSPS) is 34.6. The second kappa shape index (κ2) is 4.75. The van der Waals surface area contributed by atoms with Gasteiger partial charge in [-0.2, -0.15) is 0 Å². The molecule has 0 aliphatic carbocycles. The summed E-state index contributed by atoms with van der Waals surface area (Å²) in [6, 6.07) is 1.83. The standard InChI is InChI=1S/C16H20N4O4/c1-8(21)10-11-16(4,24-15(2,3)23-11)14(22-10)20-6-5-9-12(17)18-7-19-13(9)20/h5-7,10-11,14H,1-4H3,(H2,17,18,19)/t10-,11-,14-,16-/m1/s1. The van der Waals surface area contributed by atoms with E-state index in [1.165, 1.54) is 13.3 Å². The zero-order valence-corrected chi connectivity index (χ0v) is 14.0. The van der Waals surface area contributed by atoms with Crippen molar-refractivity contribution in [2.24, 2.45) is 0 Å². The average Bonchev–Trinajstić information content (AvgIpc) is 3.07. The molecule has 4 atom stereocenters. The van der Waals surface area contributed by atoms with Crippen molar-refractivity contribution in [3.05, 3.63) is 18.6 Å². The number of rotatable bonds is 2. The average molecular weight is 332 g/mol. The second-order valence-corrected chi connectivity index (χ2v) is 6.96. The summed E-state index contributed by atoms with van der Waals surface area (Å²) in [6.45, 7) is 7.06. The molecule has 0 saturated carbocycles. The molecule has 0 amide bonds. The molecule has 128 valence electrons. The highest BCUT2D eigenvalue weighted by Crippen LogP contribution is 2.51. The van der Waals surface area contributed by atoms with Gasteiger partial charge in [0, 0.05) is 6.20 Å². The fourth-order valence-electron chi connectivity index (χ4n) is 3.76. The van der Waals surface area contributed by atoms with Crippen LogP contribution in [0.1, 0.15) is 33.9 Å². The van der Waals surface area contributed by atoms with Gasteiger partial charge in [-0.05, 0) is 33.8 Å². The van der Waals surface area contributed by atoms with Gasteiger partial charge in [-0.1, -0.05) is 0 Å². The number of hydrogen-bond donors (Lipinski definition) is 1. The maximum absolute atomic E-state index is 12.1. The van der Waals surface area contributed by atoms with Crippen LogP contribution in [0.25, 0.3) is 11.0 Å². The molecule has 0 radical (unpaired) electrons. The predicted octanol–water partition coefficient (Wildman–Crippen LogP) is 1.41. The van der Waals surface area contributed by atoms with E-state index in [4.69, 9.17) is 19.9 Å². The number of aromatic nitrogens is 3. The summed E-state index contributed by atoms with van der Waals surface area (Å²) in [6.07, 6.45) is 1.47. The maximum atomic E-state index is 12.1. The molecule has 2 fully saturated rings. The lowest BCUT2D eigenvalue weighted by Crippen LogP contribution is -2.42. The fraction of sp³-hybridized carbons (Fsp3) is 0.562. The Morgan fingerprint density at radius 2 is 2.08 bits per heavy atom. The number of nitrogen functional groups attached to an aromatic ring is 1. The van der Waals surface area contributed by atoms with Crippen molar-refractivity contribution in [2.45, 2.75) is 57.5 Å². The molecular weight excluding hydrogens is 312 g/mol. The number of carbonyl (C=O) groups excluding carboxylic acids is 1. The number of carbonyl (C=O) groups is 1. The van der Waals surface area contributed by atoms with E-state index in [0.717, 1.165) is 5.39 Å². The van der Waals surface area contributed by atoms with E-state index in [0.29, 0.717) is 11.5 Å². The quantitative estimate of drug-likeness (QED) is 0.887. The molecule has 2 aromatic heterocycles. The van der Waals surface area contributed by atoms with Gasteiger partial charge in [0.1, 0.15) is 35.6 Å². The molecule has 2 aliphatic heterocycles. The van der Waals surface area contributed by atoms with Crippen LogP contribution in [-0.4, -0.2) is 43.9 Å². The molecule has 8 heteroatoms. The molecule has 2 saturated heterocycles. The SMILES string of the molecule is CC(=O)[C@H]1O[C@@H](n2ccc3c(N)ncnc32)[C@]2(C)OC(C)(C)O[C@H]12. The number of anilines is 1. The van der Waals surface area contributed by atoms with Crippen LogP contribution in [0.4, 0.5) is 5.82 Å². The Morgan fingerprint density at radius 1 is 1.33 bits per heavy atom. The molecule has 2 N–H and O–H groups in total. The number of fused-ring (bicyclic) bond motifs is 2. The van der Waals surface area contributed by atoms with Crippen LogP contribution >= 0.6 is 0 Å². The van der Waals surface area contributed by atoms with E-state index < -0.39 is 29.8 Å². The van der Waals surface area contributed by atoms with E-state index in [9.17, 15) is 4.79 Å². The van der Waals surface area contributed by atoms with Crippen molar-refractivity contribution in [3.63, 3.8) is 0 Å². The van der Waals surface area contributed by atoms with Gasteiger partial charge in [0.15, 0.2) is 17.8 Å².